The van der Waals surface area contributed by atoms with E-state index in [1.807, 2.05) is 17.9 Å². The van der Waals surface area contributed by atoms with Crippen LogP contribution in [0.1, 0.15) is 23.6 Å². The van der Waals surface area contributed by atoms with E-state index in [9.17, 15) is 4.79 Å². The zero-order valence-electron chi connectivity index (χ0n) is 13.7. The molecular weight excluding hydrogens is 334 g/mol. The third-order valence-electron chi connectivity index (χ3n) is 4.29. The van der Waals surface area contributed by atoms with Crippen LogP contribution < -0.4 is 0 Å². The Bertz CT molecular complexity index is 699. The first-order chi connectivity index (χ1) is 11.5. The SMILES string of the molecule is CO[C@H]1CN(C(=O)CCc2cc(Cl)no2)C[C@H]1Cc1cc(C)no1. The molecule has 24 heavy (non-hydrogen) atoms. The maximum atomic E-state index is 12.4. The molecule has 2 atom stereocenters. The fourth-order valence-electron chi connectivity index (χ4n) is 3.07. The van der Waals surface area contributed by atoms with Gasteiger partial charge in [-0.3, -0.25) is 4.79 Å². The van der Waals surface area contributed by atoms with Crippen molar-refractivity contribution in [2.45, 2.75) is 32.3 Å². The van der Waals surface area contributed by atoms with Gasteiger partial charge in [-0.1, -0.05) is 21.9 Å². The Morgan fingerprint density at radius 1 is 1.33 bits per heavy atom. The van der Waals surface area contributed by atoms with Crippen molar-refractivity contribution in [3.05, 3.63) is 34.5 Å². The molecule has 7 nitrogen and oxygen atoms in total. The summed E-state index contributed by atoms with van der Waals surface area (Å²) in [5, 5.41) is 7.82. The molecule has 0 aliphatic carbocycles. The number of amides is 1. The van der Waals surface area contributed by atoms with Crippen LogP contribution in [0.3, 0.4) is 0 Å². The highest BCUT2D eigenvalue weighted by Crippen LogP contribution is 2.25. The zero-order chi connectivity index (χ0) is 17.1. The standard InChI is InChI=1S/C16H20ClN3O4/c1-10-5-13(24-18-10)6-11-8-20(9-14(11)22-2)16(21)4-3-12-7-15(17)19-23-12/h5,7,11,14H,3-4,6,8-9H2,1-2H3/t11-,14+/m1/s1. The average molecular weight is 354 g/mol. The minimum atomic E-state index is -0.000852. The highest BCUT2D eigenvalue weighted by molar-refractivity contribution is 6.29. The third kappa shape index (κ3) is 3.96. The van der Waals surface area contributed by atoms with E-state index in [1.54, 1.807) is 13.2 Å². The molecule has 1 fully saturated rings. The molecule has 8 heteroatoms. The van der Waals surface area contributed by atoms with Gasteiger partial charge in [0.05, 0.1) is 11.8 Å². The molecule has 2 aromatic heterocycles. The fraction of sp³-hybridized carbons (Fsp3) is 0.562. The van der Waals surface area contributed by atoms with Gasteiger partial charge in [-0.15, -0.1) is 0 Å². The van der Waals surface area contributed by atoms with Gasteiger partial charge < -0.3 is 18.7 Å². The molecule has 130 valence electrons. The van der Waals surface area contributed by atoms with Gasteiger partial charge >= 0.3 is 0 Å². The summed E-state index contributed by atoms with van der Waals surface area (Å²) >= 11 is 5.71. The van der Waals surface area contributed by atoms with E-state index in [1.165, 1.54) is 0 Å². The van der Waals surface area contributed by atoms with Crippen LogP contribution in [0.5, 0.6) is 0 Å². The summed E-state index contributed by atoms with van der Waals surface area (Å²) in [5.74, 6) is 1.71. The summed E-state index contributed by atoms with van der Waals surface area (Å²) < 4.78 is 15.9. The van der Waals surface area contributed by atoms with Crippen LogP contribution in [0.4, 0.5) is 0 Å². The van der Waals surface area contributed by atoms with Crippen molar-refractivity contribution in [2.24, 2.45) is 5.92 Å². The predicted octanol–water partition coefficient (Wildman–Crippen LogP) is 2.27. The van der Waals surface area contributed by atoms with Gasteiger partial charge in [-0.25, -0.2) is 0 Å². The van der Waals surface area contributed by atoms with Crippen LogP contribution in [0.2, 0.25) is 5.15 Å². The number of hydrogen-bond acceptors (Lipinski definition) is 6. The summed E-state index contributed by atoms with van der Waals surface area (Å²) in [5.41, 5.74) is 0.857. The van der Waals surface area contributed by atoms with Gasteiger partial charge in [0, 0.05) is 57.5 Å². The number of halogens is 1. The fourth-order valence-corrected chi connectivity index (χ4v) is 3.23. The van der Waals surface area contributed by atoms with E-state index in [-0.39, 0.29) is 17.9 Å². The highest BCUT2D eigenvalue weighted by atomic mass is 35.5. The zero-order valence-corrected chi connectivity index (χ0v) is 14.5. The van der Waals surface area contributed by atoms with Crippen LogP contribution in [-0.4, -0.2) is 47.4 Å². The number of carbonyl (C=O) groups excluding carboxylic acids is 1. The topological polar surface area (TPSA) is 81.6 Å². The van der Waals surface area contributed by atoms with Crippen molar-refractivity contribution in [2.75, 3.05) is 20.2 Å². The van der Waals surface area contributed by atoms with E-state index in [4.69, 9.17) is 25.4 Å². The number of rotatable bonds is 6. The number of nitrogens with zero attached hydrogens (tertiary/aromatic N) is 3. The lowest BCUT2D eigenvalue weighted by atomic mass is 10.0. The highest BCUT2D eigenvalue weighted by Gasteiger charge is 2.35. The molecule has 0 spiro atoms. The molecule has 3 rings (SSSR count). The molecule has 0 bridgehead atoms. The van der Waals surface area contributed by atoms with Crippen molar-refractivity contribution < 1.29 is 18.6 Å². The monoisotopic (exact) mass is 353 g/mol. The van der Waals surface area contributed by atoms with Crippen molar-refractivity contribution in [3.8, 4) is 0 Å². The van der Waals surface area contributed by atoms with E-state index in [2.05, 4.69) is 10.3 Å². The van der Waals surface area contributed by atoms with Crippen LogP contribution in [0.25, 0.3) is 0 Å². The number of methoxy groups -OCH3 is 1. The largest absolute Gasteiger partial charge is 0.379 e. The molecule has 0 radical (unpaired) electrons. The van der Waals surface area contributed by atoms with E-state index in [0.29, 0.717) is 43.3 Å². The number of likely N-dealkylation sites (tertiary alicyclic amines) is 1. The molecule has 0 saturated carbocycles. The number of ether oxygens (including phenoxy) is 1. The molecule has 3 heterocycles. The Kier molecular flexibility index (Phi) is 5.20. The molecule has 1 amide bonds. The molecule has 1 saturated heterocycles. The minimum Gasteiger partial charge on any atom is -0.379 e. The van der Waals surface area contributed by atoms with Gasteiger partial charge in [0.1, 0.15) is 11.5 Å². The van der Waals surface area contributed by atoms with E-state index >= 15 is 0 Å². The lowest BCUT2D eigenvalue weighted by molar-refractivity contribution is -0.130. The molecule has 0 unspecified atom stereocenters. The van der Waals surface area contributed by atoms with Crippen LogP contribution >= 0.6 is 11.6 Å². The number of hydrogen-bond donors (Lipinski definition) is 0. The number of carbonyl (C=O) groups is 1. The quantitative estimate of drug-likeness (QED) is 0.792. The normalized spacial score (nSPS) is 20.7. The summed E-state index contributed by atoms with van der Waals surface area (Å²) in [7, 11) is 1.67. The van der Waals surface area contributed by atoms with Gasteiger partial charge in [-0.05, 0) is 6.92 Å². The Morgan fingerprint density at radius 2 is 2.12 bits per heavy atom. The van der Waals surface area contributed by atoms with Crippen LogP contribution in [-0.2, 0) is 22.4 Å². The number of aromatic nitrogens is 2. The van der Waals surface area contributed by atoms with Crippen LogP contribution in [0.15, 0.2) is 21.2 Å². The van der Waals surface area contributed by atoms with Gasteiger partial charge in [0.2, 0.25) is 5.91 Å². The van der Waals surface area contributed by atoms with Crippen molar-refractivity contribution in [1.82, 2.24) is 15.2 Å². The van der Waals surface area contributed by atoms with Crippen molar-refractivity contribution >= 4 is 17.5 Å². The molecule has 0 aromatic carbocycles. The van der Waals surface area contributed by atoms with Gasteiger partial charge in [-0.2, -0.15) is 0 Å². The van der Waals surface area contributed by atoms with Gasteiger partial charge in [0.25, 0.3) is 0 Å². The predicted molar refractivity (Wildman–Crippen MR) is 85.6 cm³/mol. The van der Waals surface area contributed by atoms with Gasteiger partial charge in [0.15, 0.2) is 5.15 Å². The first-order valence-corrected chi connectivity index (χ1v) is 8.27. The second-order valence-electron chi connectivity index (χ2n) is 6.09. The summed E-state index contributed by atoms with van der Waals surface area (Å²) in [6.45, 7) is 3.12. The molecule has 2 aromatic rings. The Hall–Kier alpha value is -1.86. The minimum absolute atomic E-state index is 0.000852. The maximum absolute atomic E-state index is 12.4. The summed E-state index contributed by atoms with van der Waals surface area (Å²) in [4.78, 5) is 14.3. The third-order valence-corrected chi connectivity index (χ3v) is 4.47. The smallest absolute Gasteiger partial charge is 0.223 e. The molecule has 1 aliphatic rings. The summed E-state index contributed by atoms with van der Waals surface area (Å²) in [6.07, 6.45) is 1.55. The second kappa shape index (κ2) is 7.36. The van der Waals surface area contributed by atoms with E-state index in [0.717, 1.165) is 11.5 Å². The Labute approximate surface area is 144 Å². The van der Waals surface area contributed by atoms with E-state index < -0.39 is 0 Å². The summed E-state index contributed by atoms with van der Waals surface area (Å²) in [6, 6.07) is 3.55. The molecular formula is C16H20ClN3O4. The number of aryl methyl sites for hydroxylation is 2. The maximum Gasteiger partial charge on any atom is 0.223 e. The lowest BCUT2D eigenvalue weighted by Gasteiger charge is -2.15. The first kappa shape index (κ1) is 17.0. The van der Waals surface area contributed by atoms with Crippen molar-refractivity contribution in [3.63, 3.8) is 0 Å². The van der Waals surface area contributed by atoms with Crippen molar-refractivity contribution in [1.29, 1.82) is 0 Å². The molecule has 0 N–H and O–H groups in total. The first-order valence-electron chi connectivity index (χ1n) is 7.89. The van der Waals surface area contributed by atoms with Crippen LogP contribution in [0, 0.1) is 12.8 Å². The second-order valence-corrected chi connectivity index (χ2v) is 6.47. The Morgan fingerprint density at radius 3 is 2.75 bits per heavy atom. The average Bonchev–Trinajstić information content (AvgIpc) is 3.26. The Balaban J connectivity index is 1.55. The lowest BCUT2D eigenvalue weighted by Crippen LogP contribution is -2.30. The molecule has 1 aliphatic heterocycles.